The van der Waals surface area contributed by atoms with Crippen molar-refractivity contribution in [2.24, 2.45) is 0 Å². The van der Waals surface area contributed by atoms with Crippen molar-refractivity contribution >= 4 is 11.8 Å². The molecule has 2 amide bonds. The molecule has 1 unspecified atom stereocenters. The van der Waals surface area contributed by atoms with Gasteiger partial charge in [-0.2, -0.15) is 0 Å². The fourth-order valence-corrected chi connectivity index (χ4v) is 2.84. The van der Waals surface area contributed by atoms with E-state index >= 15 is 0 Å². The molecule has 0 saturated heterocycles. The second-order valence-corrected chi connectivity index (χ2v) is 6.54. The zero-order valence-corrected chi connectivity index (χ0v) is 14.7. The fraction of sp³-hybridized carbons (Fsp3) is 0.400. The highest BCUT2D eigenvalue weighted by Gasteiger charge is 2.35. The Hall–Kier alpha value is -2.56. The third-order valence-corrected chi connectivity index (χ3v) is 4.52. The molecule has 1 heterocycles. The normalized spacial score (nSPS) is 14.8. The van der Waals surface area contributed by atoms with Gasteiger partial charge in [0.15, 0.2) is 5.76 Å². The van der Waals surface area contributed by atoms with Gasteiger partial charge in [0.05, 0.1) is 6.26 Å². The maximum Gasteiger partial charge on any atom is 0.287 e. The highest BCUT2D eigenvalue weighted by Crippen LogP contribution is 2.29. The Kier molecular flexibility index (Phi) is 5.22. The molecule has 1 aliphatic carbocycles. The zero-order chi connectivity index (χ0) is 17.8. The van der Waals surface area contributed by atoms with E-state index < -0.39 is 6.04 Å². The number of hydrogen-bond acceptors (Lipinski definition) is 3. The van der Waals surface area contributed by atoms with Gasteiger partial charge in [-0.1, -0.05) is 31.2 Å². The minimum absolute atomic E-state index is 0.0537. The first kappa shape index (κ1) is 17.3. The Bertz CT molecular complexity index is 718. The number of carbonyl (C=O) groups is 2. The highest BCUT2D eigenvalue weighted by atomic mass is 16.3. The monoisotopic (exact) mass is 340 g/mol. The molecule has 0 aliphatic heterocycles. The minimum atomic E-state index is -0.590. The van der Waals surface area contributed by atoms with Crippen LogP contribution in [0.4, 0.5) is 0 Å². The predicted octanol–water partition coefficient (Wildman–Crippen LogP) is 3.15. The molecule has 1 saturated carbocycles. The third kappa shape index (κ3) is 4.29. The van der Waals surface area contributed by atoms with Gasteiger partial charge in [0, 0.05) is 12.6 Å². The van der Waals surface area contributed by atoms with Crippen LogP contribution < -0.4 is 5.32 Å². The molecule has 1 N–H and O–H groups in total. The molecular formula is C20H24N2O3. The van der Waals surface area contributed by atoms with E-state index in [1.807, 2.05) is 4.90 Å². The van der Waals surface area contributed by atoms with Crippen molar-refractivity contribution in [2.75, 3.05) is 0 Å². The summed E-state index contributed by atoms with van der Waals surface area (Å²) in [5, 5.41) is 2.73. The summed E-state index contributed by atoms with van der Waals surface area (Å²) in [7, 11) is 0. The molecule has 25 heavy (non-hydrogen) atoms. The van der Waals surface area contributed by atoms with Gasteiger partial charge in [0.2, 0.25) is 5.91 Å². The number of benzene rings is 1. The van der Waals surface area contributed by atoms with Gasteiger partial charge in [-0.3, -0.25) is 9.59 Å². The summed E-state index contributed by atoms with van der Waals surface area (Å²) in [4.78, 5) is 26.8. The number of amides is 2. The van der Waals surface area contributed by atoms with Gasteiger partial charge in [-0.05, 0) is 49.4 Å². The Labute approximate surface area is 148 Å². The van der Waals surface area contributed by atoms with E-state index in [0.717, 1.165) is 24.8 Å². The van der Waals surface area contributed by atoms with Gasteiger partial charge in [-0.25, -0.2) is 0 Å². The summed E-state index contributed by atoms with van der Waals surface area (Å²) in [5.74, 6) is -0.205. The summed E-state index contributed by atoms with van der Waals surface area (Å²) >= 11 is 0. The summed E-state index contributed by atoms with van der Waals surface area (Å²) < 4.78 is 5.08. The van der Waals surface area contributed by atoms with Crippen LogP contribution in [-0.4, -0.2) is 28.8 Å². The molecule has 5 nitrogen and oxygen atoms in total. The second-order valence-electron chi connectivity index (χ2n) is 6.54. The highest BCUT2D eigenvalue weighted by molar-refractivity contribution is 5.95. The summed E-state index contributed by atoms with van der Waals surface area (Å²) in [5.41, 5.74) is 2.40. The van der Waals surface area contributed by atoms with Crippen LogP contribution in [0.5, 0.6) is 0 Å². The van der Waals surface area contributed by atoms with Crippen LogP contribution in [0, 0.1) is 0 Å². The number of nitrogens with one attached hydrogen (secondary N) is 1. The molecule has 0 bridgehead atoms. The number of aryl methyl sites for hydroxylation is 1. The lowest BCUT2D eigenvalue weighted by Crippen LogP contribution is -2.47. The van der Waals surface area contributed by atoms with Gasteiger partial charge in [-0.15, -0.1) is 0 Å². The summed E-state index contributed by atoms with van der Waals surface area (Å²) in [6.07, 6.45) is 4.49. The van der Waals surface area contributed by atoms with Crippen LogP contribution in [0.25, 0.3) is 0 Å². The number of rotatable bonds is 7. The van der Waals surface area contributed by atoms with E-state index in [2.05, 4.69) is 36.5 Å². The van der Waals surface area contributed by atoms with E-state index in [4.69, 9.17) is 4.42 Å². The van der Waals surface area contributed by atoms with Crippen LogP contribution in [0.3, 0.4) is 0 Å². The lowest BCUT2D eigenvalue weighted by molar-refractivity contribution is -0.134. The second kappa shape index (κ2) is 7.55. The van der Waals surface area contributed by atoms with Crippen molar-refractivity contribution in [3.63, 3.8) is 0 Å². The lowest BCUT2D eigenvalue weighted by atomic mass is 10.1. The van der Waals surface area contributed by atoms with Crippen LogP contribution in [0.15, 0.2) is 47.1 Å². The van der Waals surface area contributed by atoms with Crippen molar-refractivity contribution in [3.05, 3.63) is 59.5 Å². The van der Waals surface area contributed by atoms with Crippen LogP contribution in [0.2, 0.25) is 0 Å². The summed E-state index contributed by atoms with van der Waals surface area (Å²) in [6, 6.07) is 11.3. The Morgan fingerprint density at radius 1 is 1.20 bits per heavy atom. The molecule has 1 aliphatic rings. The van der Waals surface area contributed by atoms with Crippen molar-refractivity contribution < 1.29 is 14.0 Å². The number of hydrogen-bond donors (Lipinski definition) is 1. The molecule has 0 spiro atoms. The quantitative estimate of drug-likeness (QED) is 0.842. The van der Waals surface area contributed by atoms with Crippen LogP contribution in [0.1, 0.15) is 48.4 Å². The van der Waals surface area contributed by atoms with Gasteiger partial charge in [0.25, 0.3) is 5.91 Å². The Morgan fingerprint density at radius 2 is 1.88 bits per heavy atom. The van der Waals surface area contributed by atoms with Crippen LogP contribution >= 0.6 is 0 Å². The first-order chi connectivity index (χ1) is 12.1. The first-order valence-corrected chi connectivity index (χ1v) is 8.81. The smallest absolute Gasteiger partial charge is 0.287 e. The topological polar surface area (TPSA) is 62.6 Å². The van der Waals surface area contributed by atoms with Crippen molar-refractivity contribution in [2.45, 2.75) is 51.7 Å². The molecule has 0 radical (unpaired) electrons. The van der Waals surface area contributed by atoms with Crippen molar-refractivity contribution in [1.82, 2.24) is 10.2 Å². The average Bonchev–Trinajstić information content (AvgIpc) is 3.31. The first-order valence-electron chi connectivity index (χ1n) is 8.81. The molecular weight excluding hydrogens is 316 g/mol. The SMILES string of the molecule is CCc1ccc(CN(C(=O)C(C)NC(=O)c2ccco2)C2CC2)cc1. The number of carbonyl (C=O) groups excluding carboxylic acids is 2. The van der Waals surface area contributed by atoms with E-state index in [9.17, 15) is 9.59 Å². The molecule has 132 valence electrons. The van der Waals surface area contributed by atoms with Gasteiger partial charge in [0.1, 0.15) is 6.04 Å². The summed E-state index contributed by atoms with van der Waals surface area (Å²) in [6.45, 7) is 4.42. The lowest BCUT2D eigenvalue weighted by Gasteiger charge is -2.26. The van der Waals surface area contributed by atoms with Crippen molar-refractivity contribution in [3.8, 4) is 0 Å². The zero-order valence-electron chi connectivity index (χ0n) is 14.7. The standard InChI is InChI=1S/C20H24N2O3/c1-3-15-6-8-16(9-7-15)13-22(17-10-11-17)20(24)14(2)21-19(23)18-5-4-12-25-18/h4-9,12,14,17H,3,10-11,13H2,1-2H3,(H,21,23). The predicted molar refractivity (Wildman–Crippen MR) is 95.0 cm³/mol. The molecule has 1 aromatic carbocycles. The molecule has 1 fully saturated rings. The maximum atomic E-state index is 12.8. The Morgan fingerprint density at radius 3 is 2.44 bits per heavy atom. The third-order valence-electron chi connectivity index (χ3n) is 4.52. The van der Waals surface area contributed by atoms with E-state index in [0.29, 0.717) is 6.54 Å². The molecule has 1 aromatic heterocycles. The molecule has 1 atom stereocenters. The molecule has 2 aromatic rings. The van der Waals surface area contributed by atoms with E-state index in [1.54, 1.807) is 19.1 Å². The number of nitrogens with zero attached hydrogens (tertiary/aromatic N) is 1. The minimum Gasteiger partial charge on any atom is -0.459 e. The molecule has 3 rings (SSSR count). The Balaban J connectivity index is 1.64. The largest absolute Gasteiger partial charge is 0.459 e. The molecule has 5 heteroatoms. The van der Waals surface area contributed by atoms with Gasteiger partial charge < -0.3 is 14.6 Å². The number of furan rings is 1. The average molecular weight is 340 g/mol. The maximum absolute atomic E-state index is 12.8. The van der Waals surface area contributed by atoms with E-state index in [-0.39, 0.29) is 23.6 Å². The van der Waals surface area contributed by atoms with Crippen molar-refractivity contribution in [1.29, 1.82) is 0 Å². The van der Waals surface area contributed by atoms with E-state index in [1.165, 1.54) is 11.8 Å². The van der Waals surface area contributed by atoms with Gasteiger partial charge >= 0.3 is 0 Å². The fourth-order valence-electron chi connectivity index (χ4n) is 2.84. The van der Waals surface area contributed by atoms with Crippen LogP contribution in [-0.2, 0) is 17.8 Å².